The number of para-hydroxylation sites is 1. The molecule has 0 atom stereocenters. The van der Waals surface area contributed by atoms with Gasteiger partial charge in [-0.25, -0.2) is 0 Å². The molecule has 29 heavy (non-hydrogen) atoms. The van der Waals surface area contributed by atoms with Crippen LogP contribution >= 0.6 is 0 Å². The third kappa shape index (κ3) is 5.44. The molecule has 1 N–H and O–H groups in total. The summed E-state index contributed by atoms with van der Waals surface area (Å²) in [4.78, 5) is 25.7. The van der Waals surface area contributed by atoms with Crippen molar-refractivity contribution in [1.29, 1.82) is 5.26 Å². The van der Waals surface area contributed by atoms with E-state index in [1.54, 1.807) is 48.5 Å². The molecule has 6 heteroatoms. The van der Waals surface area contributed by atoms with E-state index in [2.05, 4.69) is 5.32 Å². The Kier molecular flexibility index (Phi) is 6.23. The van der Waals surface area contributed by atoms with Gasteiger partial charge < -0.3 is 15.0 Å². The van der Waals surface area contributed by atoms with Gasteiger partial charge in [0.05, 0.1) is 11.6 Å². The number of carbonyl (C=O) groups is 2. The Bertz CT molecular complexity index is 1020. The Hall–Kier alpha value is -4.11. The first-order chi connectivity index (χ1) is 14.0. The Morgan fingerprint density at radius 2 is 1.55 bits per heavy atom. The van der Waals surface area contributed by atoms with Crippen molar-refractivity contribution >= 4 is 23.2 Å². The van der Waals surface area contributed by atoms with Crippen LogP contribution in [0.3, 0.4) is 0 Å². The SMILES string of the molecule is CC(=O)N(CC(=O)Nc1ccc(Oc2ccccc2)cc1)c1ccc(C#N)cc1. The van der Waals surface area contributed by atoms with Gasteiger partial charge in [-0.05, 0) is 60.7 Å². The molecule has 3 aromatic rings. The first kappa shape index (κ1) is 19.6. The van der Waals surface area contributed by atoms with E-state index in [-0.39, 0.29) is 18.4 Å². The molecule has 0 heterocycles. The highest BCUT2D eigenvalue weighted by Crippen LogP contribution is 2.23. The van der Waals surface area contributed by atoms with Crippen LogP contribution in [0.4, 0.5) is 11.4 Å². The first-order valence-electron chi connectivity index (χ1n) is 8.96. The number of nitriles is 1. The molecule has 0 aliphatic heterocycles. The van der Waals surface area contributed by atoms with E-state index in [0.29, 0.717) is 22.7 Å². The van der Waals surface area contributed by atoms with Crippen LogP contribution in [0, 0.1) is 11.3 Å². The first-order valence-corrected chi connectivity index (χ1v) is 8.96. The molecule has 0 spiro atoms. The molecule has 0 aromatic heterocycles. The van der Waals surface area contributed by atoms with Gasteiger partial charge in [0.2, 0.25) is 11.8 Å². The van der Waals surface area contributed by atoms with Gasteiger partial charge >= 0.3 is 0 Å². The van der Waals surface area contributed by atoms with Gasteiger partial charge in [0.25, 0.3) is 0 Å². The number of benzene rings is 3. The quantitative estimate of drug-likeness (QED) is 0.684. The van der Waals surface area contributed by atoms with Crippen LogP contribution in [0.2, 0.25) is 0 Å². The molecule has 0 unspecified atom stereocenters. The second-order valence-electron chi connectivity index (χ2n) is 6.25. The minimum Gasteiger partial charge on any atom is -0.457 e. The Morgan fingerprint density at radius 1 is 0.931 bits per heavy atom. The van der Waals surface area contributed by atoms with Crippen molar-refractivity contribution in [2.75, 3.05) is 16.8 Å². The normalized spacial score (nSPS) is 9.93. The van der Waals surface area contributed by atoms with E-state index in [1.165, 1.54) is 11.8 Å². The van der Waals surface area contributed by atoms with E-state index in [4.69, 9.17) is 10.00 Å². The average Bonchev–Trinajstić information content (AvgIpc) is 2.74. The second kappa shape index (κ2) is 9.20. The average molecular weight is 385 g/mol. The van der Waals surface area contributed by atoms with E-state index in [0.717, 1.165) is 5.75 Å². The van der Waals surface area contributed by atoms with Crippen molar-refractivity contribution in [2.24, 2.45) is 0 Å². The molecule has 6 nitrogen and oxygen atoms in total. The molecule has 3 aromatic carbocycles. The van der Waals surface area contributed by atoms with Crippen LogP contribution in [0.1, 0.15) is 12.5 Å². The molecular formula is C23H19N3O3. The van der Waals surface area contributed by atoms with Crippen molar-refractivity contribution in [3.8, 4) is 17.6 Å². The van der Waals surface area contributed by atoms with Gasteiger partial charge in [0.15, 0.2) is 0 Å². The fourth-order valence-corrected chi connectivity index (χ4v) is 2.68. The minimum atomic E-state index is -0.332. The molecule has 0 bridgehead atoms. The zero-order valence-electron chi connectivity index (χ0n) is 15.8. The number of anilines is 2. The lowest BCUT2D eigenvalue weighted by molar-refractivity contribution is -0.120. The van der Waals surface area contributed by atoms with Gasteiger partial charge in [-0.15, -0.1) is 0 Å². The zero-order valence-corrected chi connectivity index (χ0v) is 15.8. The fourth-order valence-electron chi connectivity index (χ4n) is 2.68. The monoisotopic (exact) mass is 385 g/mol. The number of hydrogen-bond donors (Lipinski definition) is 1. The van der Waals surface area contributed by atoms with Gasteiger partial charge in [-0.1, -0.05) is 18.2 Å². The van der Waals surface area contributed by atoms with Gasteiger partial charge in [0, 0.05) is 18.3 Å². The third-order valence-electron chi connectivity index (χ3n) is 4.11. The summed E-state index contributed by atoms with van der Waals surface area (Å²) in [5.74, 6) is 0.777. The van der Waals surface area contributed by atoms with Crippen molar-refractivity contribution in [2.45, 2.75) is 6.92 Å². The van der Waals surface area contributed by atoms with Crippen LogP contribution in [0.25, 0.3) is 0 Å². The predicted octanol–water partition coefficient (Wildman–Crippen LogP) is 4.34. The summed E-state index contributed by atoms with van der Waals surface area (Å²) >= 11 is 0. The van der Waals surface area contributed by atoms with E-state index in [9.17, 15) is 9.59 Å². The highest BCUT2D eigenvalue weighted by molar-refractivity contribution is 6.01. The Labute approximate surface area is 169 Å². The zero-order chi connectivity index (χ0) is 20.6. The van der Waals surface area contributed by atoms with Crippen molar-refractivity contribution in [3.63, 3.8) is 0 Å². The lowest BCUT2D eigenvalue weighted by Crippen LogP contribution is -2.36. The highest BCUT2D eigenvalue weighted by atomic mass is 16.5. The van der Waals surface area contributed by atoms with Gasteiger partial charge in [-0.2, -0.15) is 5.26 Å². The smallest absolute Gasteiger partial charge is 0.244 e. The second-order valence-corrected chi connectivity index (χ2v) is 6.25. The van der Waals surface area contributed by atoms with Gasteiger partial charge in [0.1, 0.15) is 18.0 Å². The number of nitrogens with one attached hydrogen (secondary N) is 1. The highest BCUT2D eigenvalue weighted by Gasteiger charge is 2.16. The van der Waals surface area contributed by atoms with Gasteiger partial charge in [-0.3, -0.25) is 9.59 Å². The summed E-state index contributed by atoms with van der Waals surface area (Å²) in [5.41, 5.74) is 1.64. The maximum Gasteiger partial charge on any atom is 0.244 e. The molecular weight excluding hydrogens is 366 g/mol. The Morgan fingerprint density at radius 3 is 2.14 bits per heavy atom. The van der Waals surface area contributed by atoms with Crippen molar-refractivity contribution in [3.05, 3.63) is 84.4 Å². The largest absolute Gasteiger partial charge is 0.457 e. The molecule has 0 saturated carbocycles. The molecule has 0 aliphatic rings. The summed E-state index contributed by atoms with van der Waals surface area (Å²) < 4.78 is 5.72. The number of ether oxygens (including phenoxy) is 1. The lowest BCUT2D eigenvalue weighted by atomic mass is 10.2. The maximum atomic E-state index is 12.4. The molecule has 2 amide bonds. The molecule has 144 valence electrons. The minimum absolute atomic E-state index is 0.135. The number of nitrogens with zero attached hydrogens (tertiary/aromatic N) is 2. The van der Waals surface area contributed by atoms with E-state index < -0.39 is 0 Å². The molecule has 0 saturated heterocycles. The molecule has 0 radical (unpaired) electrons. The maximum absolute atomic E-state index is 12.4. The predicted molar refractivity (Wildman–Crippen MR) is 111 cm³/mol. The van der Waals surface area contributed by atoms with Crippen LogP contribution < -0.4 is 15.0 Å². The number of hydrogen-bond acceptors (Lipinski definition) is 4. The number of carbonyl (C=O) groups excluding carboxylic acids is 2. The molecule has 0 fully saturated rings. The molecule has 0 aliphatic carbocycles. The summed E-state index contributed by atoms with van der Waals surface area (Å²) in [7, 11) is 0. The van der Waals surface area contributed by atoms with E-state index in [1.807, 2.05) is 36.4 Å². The lowest BCUT2D eigenvalue weighted by Gasteiger charge is -2.20. The van der Waals surface area contributed by atoms with Crippen LogP contribution in [0.5, 0.6) is 11.5 Å². The molecule has 3 rings (SSSR count). The van der Waals surface area contributed by atoms with E-state index >= 15 is 0 Å². The van der Waals surface area contributed by atoms with Crippen LogP contribution in [-0.4, -0.2) is 18.4 Å². The van der Waals surface area contributed by atoms with Crippen molar-refractivity contribution in [1.82, 2.24) is 0 Å². The summed E-state index contributed by atoms with van der Waals surface area (Å²) in [6, 6.07) is 24.9. The summed E-state index contributed by atoms with van der Waals surface area (Å²) in [6.45, 7) is 1.25. The Balaban J connectivity index is 1.62. The number of rotatable bonds is 6. The summed E-state index contributed by atoms with van der Waals surface area (Å²) in [6.07, 6.45) is 0. The van der Waals surface area contributed by atoms with Crippen LogP contribution in [0.15, 0.2) is 78.9 Å². The number of amides is 2. The standard InChI is InChI=1S/C23H19N3O3/c1-17(27)26(20-11-7-18(15-24)8-12-20)16-23(28)25-19-9-13-22(14-10-19)29-21-5-3-2-4-6-21/h2-14H,16H2,1H3,(H,25,28). The third-order valence-corrected chi connectivity index (χ3v) is 4.11. The van der Waals surface area contributed by atoms with Crippen molar-refractivity contribution < 1.29 is 14.3 Å². The van der Waals surface area contributed by atoms with Crippen LogP contribution in [-0.2, 0) is 9.59 Å². The summed E-state index contributed by atoms with van der Waals surface area (Å²) in [5, 5.41) is 11.7. The fraction of sp³-hybridized carbons (Fsp3) is 0.0870. The topological polar surface area (TPSA) is 82.4 Å².